The first-order valence-corrected chi connectivity index (χ1v) is 25.9. The summed E-state index contributed by atoms with van der Waals surface area (Å²) in [5, 5.41) is 65.1. The molecule has 4 aromatic rings. The van der Waals surface area contributed by atoms with Crippen LogP contribution in [0.1, 0.15) is 143 Å². The Kier molecular flexibility index (Phi) is 26.1. The quantitative estimate of drug-likeness (QED) is 0.0957. The molecule has 4 aliphatic heterocycles. The molecule has 0 radical (unpaired) electrons. The third kappa shape index (κ3) is 18.1. The molecule has 8 atom stereocenters. The van der Waals surface area contributed by atoms with Crippen LogP contribution >= 0.6 is 0 Å². The minimum absolute atomic E-state index is 0.601. The molecule has 0 amide bonds. The van der Waals surface area contributed by atoms with E-state index < -0.39 is 48.3 Å². The molecule has 4 fully saturated rings. The number of hydrogen-bond donors (Lipinski definition) is 8. The van der Waals surface area contributed by atoms with E-state index in [0.717, 1.165) is 0 Å². The highest BCUT2D eigenvalue weighted by Crippen LogP contribution is 2.36. The Bertz CT molecular complexity index is 2110. The summed E-state index contributed by atoms with van der Waals surface area (Å²) in [4.78, 5) is 66.4. The van der Waals surface area contributed by atoms with Crippen LogP contribution in [0.5, 0.6) is 0 Å². The molecule has 420 valence electrons. The van der Waals surface area contributed by atoms with Crippen molar-refractivity contribution in [3.05, 3.63) is 116 Å². The van der Waals surface area contributed by atoms with Crippen molar-refractivity contribution in [2.45, 2.75) is 155 Å². The molecular formula is C56H84N8O12. The van der Waals surface area contributed by atoms with E-state index in [1.54, 1.807) is 0 Å². The van der Waals surface area contributed by atoms with Crippen molar-refractivity contribution in [1.82, 2.24) is 39.5 Å². The molecule has 0 spiro atoms. The smallest absolute Gasteiger partial charge is 0.335 e. The Morgan fingerprint density at radius 3 is 0.671 bits per heavy atom. The predicted octanol–water partition coefficient (Wildman–Crippen LogP) is 5.62. The highest BCUT2D eigenvalue weighted by molar-refractivity contribution is 5.83. The van der Waals surface area contributed by atoms with Crippen molar-refractivity contribution in [1.29, 1.82) is 0 Å². The molecular weight excluding hydrogens is 977 g/mol. The van der Waals surface area contributed by atoms with Gasteiger partial charge in [-0.15, -0.1) is 0 Å². The molecule has 8 heterocycles. The fourth-order valence-corrected chi connectivity index (χ4v) is 10.5. The van der Waals surface area contributed by atoms with Gasteiger partial charge in [-0.2, -0.15) is 0 Å². The normalized spacial score (nSPS) is 21.1. The lowest BCUT2D eigenvalue weighted by Crippen LogP contribution is -2.39. The molecule has 8 rings (SSSR count). The van der Waals surface area contributed by atoms with E-state index in [4.69, 9.17) is 40.9 Å². The van der Waals surface area contributed by atoms with Gasteiger partial charge < -0.3 is 40.9 Å². The number of carboxylic acids is 4. The van der Waals surface area contributed by atoms with Gasteiger partial charge in [0.1, 0.15) is 0 Å². The monoisotopic (exact) mass is 1060 g/mol. The number of aromatic nitrogens is 4. The van der Waals surface area contributed by atoms with Gasteiger partial charge in [0.15, 0.2) is 24.4 Å². The van der Waals surface area contributed by atoms with Crippen LogP contribution in [0, 0.1) is 55.4 Å². The third-order valence-electron chi connectivity index (χ3n) is 14.7. The summed E-state index contributed by atoms with van der Waals surface area (Å²) in [6.07, 6.45) is 8.94. The van der Waals surface area contributed by atoms with Gasteiger partial charge in [-0.1, -0.05) is 0 Å². The van der Waals surface area contributed by atoms with Crippen LogP contribution < -0.4 is 0 Å². The first-order chi connectivity index (χ1) is 35.7. The van der Waals surface area contributed by atoms with Crippen LogP contribution in [0.4, 0.5) is 0 Å². The maximum Gasteiger partial charge on any atom is 0.335 e. The van der Waals surface area contributed by atoms with Crippen LogP contribution in [0.15, 0.2) is 49.1 Å². The lowest BCUT2D eigenvalue weighted by molar-refractivity contribution is -0.165. The second kappa shape index (κ2) is 30.8. The van der Waals surface area contributed by atoms with Gasteiger partial charge in [0.2, 0.25) is 0 Å². The number of aliphatic hydroxyl groups is 4. The van der Waals surface area contributed by atoms with Crippen LogP contribution in [0.2, 0.25) is 0 Å². The van der Waals surface area contributed by atoms with E-state index >= 15 is 0 Å². The first-order valence-electron chi connectivity index (χ1n) is 25.9. The van der Waals surface area contributed by atoms with E-state index in [9.17, 15) is 19.2 Å². The van der Waals surface area contributed by atoms with Crippen LogP contribution in [0.25, 0.3) is 0 Å². The number of carbonyl (C=O) groups is 4. The minimum Gasteiger partial charge on any atom is -0.479 e. The molecule has 4 aliphatic rings. The van der Waals surface area contributed by atoms with Gasteiger partial charge in [-0.3, -0.25) is 39.5 Å². The number of aryl methyl sites for hydroxylation is 8. The SMILES string of the molecule is Cc1ccnc(C)c1[C@@H]1CCCN1C.Cc1ccnc(C)c1[C@@H]1CCCN1C.Cc1ccnc(C)c1[C@@H]1CCCN1C.Cc1ccnc(C)c1[C@@H]1CCCN1C.O=C(O)C(O)C(O)C(=O)O.O=C(O)C(O)C(O)C(=O)O. The number of aliphatic carboxylic acids is 4. The molecule has 4 unspecified atom stereocenters. The summed E-state index contributed by atoms with van der Waals surface area (Å²) in [6.45, 7) is 22.1. The van der Waals surface area contributed by atoms with E-state index in [2.05, 4.69) is 147 Å². The van der Waals surface area contributed by atoms with Crippen LogP contribution in [-0.4, -0.2) is 183 Å². The number of likely N-dealkylation sites (tertiary alicyclic amines) is 4. The molecule has 0 aliphatic carbocycles. The number of nitrogens with zero attached hydrogens (tertiary/aromatic N) is 8. The Hall–Kier alpha value is -5.84. The van der Waals surface area contributed by atoms with Crippen LogP contribution in [-0.2, 0) is 19.2 Å². The summed E-state index contributed by atoms with van der Waals surface area (Å²) in [5.74, 6) is -7.07. The maximum absolute atomic E-state index is 9.77. The van der Waals surface area contributed by atoms with Gasteiger partial charge >= 0.3 is 23.9 Å². The summed E-state index contributed by atoms with van der Waals surface area (Å²) in [7, 11) is 8.85. The Morgan fingerprint density at radius 2 is 0.553 bits per heavy atom. The Labute approximate surface area is 448 Å². The average Bonchev–Trinajstić information content (AvgIpc) is 4.19. The lowest BCUT2D eigenvalue weighted by Gasteiger charge is -2.22. The standard InChI is InChI=1S/4C12H18N2.2C4H6O6/c4*1-9-6-7-13-10(2)12(9)11-5-4-8-14(11)3;2*5-1(3(7)8)2(6)4(9)10/h4*6-7,11H,4-5,8H2,1-3H3;2*1-2,5-6H,(H,7,8)(H,9,10)/t4*11-;;/m0000../s1. The lowest BCUT2D eigenvalue weighted by atomic mass is 9.98. The average molecular weight is 1060 g/mol. The number of pyridine rings is 4. The predicted molar refractivity (Wildman–Crippen MR) is 288 cm³/mol. The Morgan fingerprint density at radius 1 is 0.382 bits per heavy atom. The summed E-state index contributed by atoms with van der Waals surface area (Å²) in [5.41, 5.74) is 16.1. The number of rotatable bonds is 10. The molecule has 0 saturated carbocycles. The van der Waals surface area contributed by atoms with Gasteiger partial charge in [0.05, 0.1) is 0 Å². The number of hydrogen-bond acceptors (Lipinski definition) is 16. The zero-order valence-corrected chi connectivity index (χ0v) is 46.5. The summed E-state index contributed by atoms with van der Waals surface area (Å²) < 4.78 is 0. The van der Waals surface area contributed by atoms with E-state index in [1.165, 1.54) is 145 Å². The molecule has 0 bridgehead atoms. The summed E-state index contributed by atoms with van der Waals surface area (Å²) in [6, 6.07) is 10.9. The van der Waals surface area contributed by atoms with Gasteiger partial charge in [-0.05, 0) is 230 Å². The van der Waals surface area contributed by atoms with Gasteiger partial charge in [-0.25, -0.2) is 19.2 Å². The van der Waals surface area contributed by atoms with Crippen molar-refractivity contribution in [2.75, 3.05) is 54.4 Å². The summed E-state index contributed by atoms with van der Waals surface area (Å²) >= 11 is 0. The second-order valence-electron chi connectivity index (χ2n) is 20.2. The molecule has 20 heteroatoms. The van der Waals surface area contributed by atoms with Gasteiger partial charge in [0, 0.05) is 71.7 Å². The molecule has 20 nitrogen and oxygen atoms in total. The van der Waals surface area contributed by atoms with Crippen molar-refractivity contribution in [2.24, 2.45) is 0 Å². The molecule has 76 heavy (non-hydrogen) atoms. The van der Waals surface area contributed by atoms with Crippen molar-refractivity contribution >= 4 is 23.9 Å². The van der Waals surface area contributed by atoms with Crippen molar-refractivity contribution in [3.63, 3.8) is 0 Å². The number of carboxylic acid groups (broad SMARTS) is 4. The second-order valence-corrected chi connectivity index (χ2v) is 20.2. The zero-order chi connectivity index (χ0) is 57.1. The van der Waals surface area contributed by atoms with Gasteiger partial charge in [0.25, 0.3) is 0 Å². The number of aliphatic hydroxyl groups excluding tert-OH is 4. The van der Waals surface area contributed by atoms with Crippen molar-refractivity contribution in [3.8, 4) is 0 Å². The first kappa shape index (κ1) is 64.4. The molecule has 4 saturated heterocycles. The fourth-order valence-electron chi connectivity index (χ4n) is 10.5. The third-order valence-corrected chi connectivity index (χ3v) is 14.7. The molecule has 8 N–H and O–H groups in total. The molecule has 0 aromatic carbocycles. The van der Waals surface area contributed by atoms with Crippen molar-refractivity contribution < 1.29 is 60.0 Å². The largest absolute Gasteiger partial charge is 0.479 e. The van der Waals surface area contributed by atoms with E-state index in [-0.39, 0.29) is 0 Å². The maximum atomic E-state index is 9.77. The molecule has 4 aromatic heterocycles. The van der Waals surface area contributed by atoms with E-state index in [1.807, 2.05) is 24.8 Å². The topological polar surface area (TPSA) is 295 Å². The highest BCUT2D eigenvalue weighted by atomic mass is 16.4. The van der Waals surface area contributed by atoms with E-state index in [0.29, 0.717) is 24.2 Å². The fraction of sp³-hybridized carbons (Fsp3) is 0.571. The Balaban J connectivity index is 0.000000242. The van der Waals surface area contributed by atoms with Crippen LogP contribution in [0.3, 0.4) is 0 Å². The zero-order valence-electron chi connectivity index (χ0n) is 46.5. The highest BCUT2D eigenvalue weighted by Gasteiger charge is 2.31. The minimum atomic E-state index is -2.27.